The van der Waals surface area contributed by atoms with Crippen LogP contribution in [0.5, 0.6) is 5.75 Å². The molecule has 2 aliphatic heterocycles. The molecule has 0 spiro atoms. The molecule has 0 radical (unpaired) electrons. The number of allylic oxidation sites excluding steroid dienone is 1. The van der Waals surface area contributed by atoms with Gasteiger partial charge in [0.1, 0.15) is 5.75 Å². The van der Waals surface area contributed by atoms with Crippen molar-refractivity contribution in [2.24, 2.45) is 10.9 Å². The summed E-state index contributed by atoms with van der Waals surface area (Å²) < 4.78 is 5.45. The largest absolute Gasteiger partial charge is 0.495 e. The Hall–Kier alpha value is -3.26. The number of methoxy groups -OCH3 is 1. The Morgan fingerprint density at radius 2 is 1.84 bits per heavy atom. The third-order valence-electron chi connectivity index (χ3n) is 7.30. The van der Waals surface area contributed by atoms with Gasteiger partial charge in [-0.2, -0.15) is 0 Å². The van der Waals surface area contributed by atoms with Crippen LogP contribution in [0.3, 0.4) is 0 Å². The second-order valence-electron chi connectivity index (χ2n) is 9.80. The van der Waals surface area contributed by atoms with E-state index in [1.807, 2.05) is 55.5 Å². The second kappa shape index (κ2) is 11.4. The lowest BCUT2D eigenvalue weighted by atomic mass is 9.88. The molecule has 1 unspecified atom stereocenters. The molecule has 1 saturated carbocycles. The van der Waals surface area contributed by atoms with Crippen molar-refractivity contribution in [3.05, 3.63) is 65.4 Å². The molecule has 37 heavy (non-hydrogen) atoms. The highest BCUT2D eigenvalue weighted by Gasteiger charge is 2.37. The maximum atomic E-state index is 13.8. The fraction of sp³-hybridized carbons (Fsp3) is 0.414. The summed E-state index contributed by atoms with van der Waals surface area (Å²) in [7, 11) is 1.59. The van der Waals surface area contributed by atoms with Crippen LogP contribution in [0, 0.1) is 5.92 Å². The Labute approximate surface area is 222 Å². The SMILES string of the molecule is COc1ccccc1NC(=O)C1=C(C)N=C2SCCCN2C1c1cccc(NC(=O)C2CCCCC2)c1. The number of amidine groups is 1. The van der Waals surface area contributed by atoms with Gasteiger partial charge in [0.05, 0.1) is 30.1 Å². The van der Waals surface area contributed by atoms with Crippen molar-refractivity contribution in [3.63, 3.8) is 0 Å². The third kappa shape index (κ3) is 5.54. The van der Waals surface area contributed by atoms with E-state index in [2.05, 4.69) is 15.5 Å². The summed E-state index contributed by atoms with van der Waals surface area (Å²) in [5.74, 6) is 1.58. The highest BCUT2D eigenvalue weighted by atomic mass is 32.2. The van der Waals surface area contributed by atoms with Crippen LogP contribution in [0.25, 0.3) is 0 Å². The fourth-order valence-corrected chi connectivity index (χ4v) is 6.46. The number of para-hydroxylation sites is 2. The lowest BCUT2D eigenvalue weighted by molar-refractivity contribution is -0.120. The molecule has 2 N–H and O–H groups in total. The Morgan fingerprint density at radius 1 is 1.03 bits per heavy atom. The van der Waals surface area contributed by atoms with Gasteiger partial charge in [0, 0.05) is 23.9 Å². The van der Waals surface area contributed by atoms with Gasteiger partial charge in [-0.15, -0.1) is 0 Å². The zero-order chi connectivity index (χ0) is 25.8. The number of nitrogens with one attached hydrogen (secondary N) is 2. The molecule has 2 heterocycles. The van der Waals surface area contributed by atoms with E-state index in [-0.39, 0.29) is 23.8 Å². The van der Waals surface area contributed by atoms with Gasteiger partial charge in [-0.25, -0.2) is 4.99 Å². The monoisotopic (exact) mass is 518 g/mol. The number of ether oxygens (including phenoxy) is 1. The number of hydrogen-bond acceptors (Lipinski definition) is 6. The summed E-state index contributed by atoms with van der Waals surface area (Å²) in [4.78, 5) is 33.8. The molecule has 2 aromatic rings. The van der Waals surface area contributed by atoms with Crippen LogP contribution < -0.4 is 15.4 Å². The predicted molar refractivity (Wildman–Crippen MR) is 150 cm³/mol. The molecule has 0 bridgehead atoms. The average Bonchev–Trinajstić information content (AvgIpc) is 2.93. The molecule has 8 heteroatoms. The molecule has 194 valence electrons. The highest BCUT2D eigenvalue weighted by molar-refractivity contribution is 8.13. The molecule has 5 rings (SSSR count). The van der Waals surface area contributed by atoms with Crippen LogP contribution in [-0.4, -0.2) is 41.3 Å². The van der Waals surface area contributed by atoms with E-state index in [0.717, 1.165) is 60.8 Å². The minimum Gasteiger partial charge on any atom is -0.495 e. The fourth-order valence-electron chi connectivity index (χ4n) is 5.44. The van der Waals surface area contributed by atoms with Crippen molar-refractivity contribution < 1.29 is 14.3 Å². The van der Waals surface area contributed by atoms with E-state index in [1.54, 1.807) is 18.9 Å². The van der Waals surface area contributed by atoms with E-state index >= 15 is 0 Å². The first-order valence-electron chi connectivity index (χ1n) is 13.1. The van der Waals surface area contributed by atoms with Crippen LogP contribution in [0.15, 0.2) is 64.8 Å². The average molecular weight is 519 g/mol. The van der Waals surface area contributed by atoms with Crippen molar-refractivity contribution in [1.82, 2.24) is 4.90 Å². The van der Waals surface area contributed by atoms with Crippen molar-refractivity contribution in [2.45, 2.75) is 51.5 Å². The van der Waals surface area contributed by atoms with Gasteiger partial charge in [0.25, 0.3) is 5.91 Å². The first-order chi connectivity index (χ1) is 18.0. The van der Waals surface area contributed by atoms with Gasteiger partial charge >= 0.3 is 0 Å². The van der Waals surface area contributed by atoms with E-state index in [1.165, 1.54) is 6.42 Å². The quantitative estimate of drug-likeness (QED) is 0.492. The molecular weight excluding hydrogens is 484 g/mol. The lowest BCUT2D eigenvalue weighted by Gasteiger charge is -2.41. The summed E-state index contributed by atoms with van der Waals surface area (Å²) in [6.45, 7) is 2.71. The number of fused-ring (bicyclic) bond motifs is 1. The van der Waals surface area contributed by atoms with Gasteiger partial charge in [-0.3, -0.25) is 9.59 Å². The number of carbonyl (C=O) groups excluding carboxylic acids is 2. The molecule has 0 aromatic heterocycles. The molecular formula is C29H34N4O3S. The number of anilines is 2. The van der Waals surface area contributed by atoms with E-state index < -0.39 is 0 Å². The van der Waals surface area contributed by atoms with Crippen LogP contribution in [0.1, 0.15) is 57.1 Å². The highest BCUT2D eigenvalue weighted by Crippen LogP contribution is 2.41. The van der Waals surface area contributed by atoms with E-state index in [9.17, 15) is 9.59 Å². The van der Waals surface area contributed by atoms with Crippen molar-refractivity contribution in [2.75, 3.05) is 30.0 Å². The van der Waals surface area contributed by atoms with Crippen molar-refractivity contribution in [3.8, 4) is 5.75 Å². The Balaban J connectivity index is 1.46. The summed E-state index contributed by atoms with van der Waals surface area (Å²) in [5, 5.41) is 7.14. The maximum Gasteiger partial charge on any atom is 0.255 e. The number of rotatable bonds is 6. The minimum absolute atomic E-state index is 0.0775. The third-order valence-corrected chi connectivity index (χ3v) is 8.38. The normalized spacial score (nSPS) is 20.1. The zero-order valence-electron chi connectivity index (χ0n) is 21.5. The smallest absolute Gasteiger partial charge is 0.255 e. The minimum atomic E-state index is -0.304. The summed E-state index contributed by atoms with van der Waals surface area (Å²) in [6.07, 6.45) is 6.36. The second-order valence-corrected chi connectivity index (χ2v) is 10.9. The number of nitrogens with zero attached hydrogens (tertiary/aromatic N) is 2. The molecule has 1 aliphatic carbocycles. The Kier molecular flexibility index (Phi) is 7.84. The van der Waals surface area contributed by atoms with E-state index in [4.69, 9.17) is 9.73 Å². The summed E-state index contributed by atoms with van der Waals surface area (Å²) >= 11 is 1.73. The summed E-state index contributed by atoms with van der Waals surface area (Å²) in [5.41, 5.74) is 3.65. The number of aliphatic imine (C=N–C) groups is 1. The molecule has 1 saturated heterocycles. The van der Waals surface area contributed by atoms with Crippen molar-refractivity contribution >= 4 is 40.1 Å². The Bertz CT molecular complexity index is 1240. The maximum absolute atomic E-state index is 13.8. The molecule has 3 aliphatic rings. The number of amides is 2. The lowest BCUT2D eigenvalue weighted by Crippen LogP contribution is -2.43. The summed E-state index contributed by atoms with van der Waals surface area (Å²) in [6, 6.07) is 15.0. The van der Waals surface area contributed by atoms with Crippen LogP contribution in [0.4, 0.5) is 11.4 Å². The first kappa shape index (κ1) is 25.4. The van der Waals surface area contributed by atoms with E-state index in [0.29, 0.717) is 22.7 Å². The number of benzene rings is 2. The van der Waals surface area contributed by atoms with Crippen LogP contribution >= 0.6 is 11.8 Å². The first-order valence-corrected chi connectivity index (χ1v) is 14.1. The molecule has 2 aromatic carbocycles. The molecule has 7 nitrogen and oxygen atoms in total. The van der Waals surface area contributed by atoms with Gasteiger partial charge in [-0.05, 0) is 56.0 Å². The van der Waals surface area contributed by atoms with Gasteiger partial charge < -0.3 is 20.3 Å². The van der Waals surface area contributed by atoms with Crippen LogP contribution in [-0.2, 0) is 9.59 Å². The van der Waals surface area contributed by atoms with Crippen LogP contribution in [0.2, 0.25) is 0 Å². The topological polar surface area (TPSA) is 83.0 Å². The number of hydrogen-bond donors (Lipinski definition) is 2. The Morgan fingerprint density at radius 3 is 2.65 bits per heavy atom. The number of carbonyl (C=O) groups is 2. The molecule has 2 amide bonds. The van der Waals surface area contributed by atoms with Gasteiger partial charge in [0.15, 0.2) is 5.17 Å². The van der Waals surface area contributed by atoms with Gasteiger partial charge in [0.2, 0.25) is 5.91 Å². The van der Waals surface area contributed by atoms with Gasteiger partial charge in [-0.1, -0.05) is 55.3 Å². The number of thioether (sulfide) groups is 1. The van der Waals surface area contributed by atoms with Crippen molar-refractivity contribution in [1.29, 1.82) is 0 Å². The molecule has 2 fully saturated rings. The predicted octanol–water partition coefficient (Wildman–Crippen LogP) is 5.98. The standard InChI is InChI=1S/C29H34N4O3S/c1-19-25(28(35)32-23-14-6-7-15-24(23)36-2)26(33-16-9-17-37-29(33)30-19)21-12-8-13-22(18-21)31-27(34)20-10-4-3-5-11-20/h6-8,12-15,18,20,26H,3-5,9-11,16-17H2,1-2H3,(H,31,34)(H,32,35). The molecule has 1 atom stereocenters. The zero-order valence-corrected chi connectivity index (χ0v) is 22.3.